The van der Waals surface area contributed by atoms with Crippen molar-refractivity contribution in [2.75, 3.05) is 37.6 Å². The second kappa shape index (κ2) is 6.39. The highest BCUT2D eigenvalue weighted by atomic mass is 19.4. The summed E-state index contributed by atoms with van der Waals surface area (Å²) >= 11 is 0. The normalized spacial score (nSPS) is 22.5. The van der Waals surface area contributed by atoms with Crippen molar-refractivity contribution < 1.29 is 18.0 Å². The molecular weight excluding hydrogens is 307 g/mol. The van der Waals surface area contributed by atoms with Gasteiger partial charge in [-0.15, -0.1) is 0 Å². The van der Waals surface area contributed by atoms with Crippen LogP contribution in [0.15, 0.2) is 24.3 Å². The molecule has 3 rings (SSSR count). The van der Waals surface area contributed by atoms with Crippen molar-refractivity contribution in [3.05, 3.63) is 29.8 Å². The lowest BCUT2D eigenvalue weighted by Gasteiger charge is -2.37. The van der Waals surface area contributed by atoms with Crippen LogP contribution in [0.3, 0.4) is 0 Å². The smallest absolute Gasteiger partial charge is 0.368 e. The number of anilines is 1. The summed E-state index contributed by atoms with van der Waals surface area (Å²) < 4.78 is 38.4. The molecule has 7 heteroatoms. The highest BCUT2D eigenvalue weighted by Gasteiger charge is 2.32. The van der Waals surface area contributed by atoms with Crippen LogP contribution in [0.4, 0.5) is 18.9 Å². The van der Waals surface area contributed by atoms with E-state index in [-0.39, 0.29) is 11.9 Å². The fourth-order valence-corrected chi connectivity index (χ4v) is 3.18. The molecule has 1 aromatic rings. The molecule has 4 nitrogen and oxygen atoms in total. The van der Waals surface area contributed by atoms with Crippen molar-refractivity contribution in [3.8, 4) is 0 Å². The Labute approximate surface area is 133 Å². The number of benzene rings is 1. The van der Waals surface area contributed by atoms with Crippen LogP contribution >= 0.6 is 0 Å². The molecule has 0 spiro atoms. The van der Waals surface area contributed by atoms with Gasteiger partial charge in [0.15, 0.2) is 0 Å². The second-order valence-electron chi connectivity index (χ2n) is 6.01. The molecular formula is C16H20F3N3O. The van der Waals surface area contributed by atoms with Crippen molar-refractivity contribution in [1.82, 2.24) is 10.2 Å². The van der Waals surface area contributed by atoms with Gasteiger partial charge in [-0.2, -0.15) is 13.2 Å². The molecule has 2 aliphatic heterocycles. The molecule has 2 aliphatic rings. The maximum absolute atomic E-state index is 12.8. The monoisotopic (exact) mass is 327 g/mol. The molecule has 126 valence electrons. The van der Waals surface area contributed by atoms with E-state index in [1.807, 2.05) is 9.80 Å². The van der Waals surface area contributed by atoms with Gasteiger partial charge >= 0.3 is 6.18 Å². The molecule has 0 bridgehead atoms. The van der Waals surface area contributed by atoms with Gasteiger partial charge in [-0.3, -0.25) is 4.79 Å². The summed E-state index contributed by atoms with van der Waals surface area (Å²) in [6, 6.07) is 5.28. The first-order valence-corrected chi connectivity index (χ1v) is 7.89. The lowest BCUT2D eigenvalue weighted by Crippen LogP contribution is -2.53. The molecule has 2 saturated heterocycles. The average molecular weight is 327 g/mol. The predicted molar refractivity (Wildman–Crippen MR) is 81.3 cm³/mol. The second-order valence-corrected chi connectivity index (χ2v) is 6.01. The van der Waals surface area contributed by atoms with Crippen LogP contribution in [-0.2, 0) is 11.0 Å². The van der Waals surface area contributed by atoms with Crippen LogP contribution in [-0.4, -0.2) is 49.6 Å². The lowest BCUT2D eigenvalue weighted by atomic mass is 10.1. The van der Waals surface area contributed by atoms with Crippen molar-refractivity contribution in [3.63, 3.8) is 0 Å². The van der Waals surface area contributed by atoms with Gasteiger partial charge < -0.3 is 15.1 Å². The van der Waals surface area contributed by atoms with E-state index in [4.69, 9.17) is 0 Å². The van der Waals surface area contributed by atoms with Crippen molar-refractivity contribution in [2.24, 2.45) is 0 Å². The highest BCUT2D eigenvalue weighted by molar-refractivity contribution is 5.82. The Morgan fingerprint density at radius 3 is 2.52 bits per heavy atom. The summed E-state index contributed by atoms with van der Waals surface area (Å²) in [7, 11) is 0. The fourth-order valence-electron chi connectivity index (χ4n) is 3.18. The van der Waals surface area contributed by atoms with E-state index in [1.54, 1.807) is 6.07 Å². The standard InChI is InChI=1S/C16H20F3N3O/c17-16(18,19)12-3-1-4-13(11-12)21-7-9-22(10-8-21)15(23)14-5-2-6-20-14/h1,3-4,11,14,20H,2,5-10H2/t14-/m0/s1. The predicted octanol–water partition coefficient (Wildman–Crippen LogP) is 2.11. The summed E-state index contributed by atoms with van der Waals surface area (Å²) in [6.45, 7) is 3.08. The van der Waals surface area contributed by atoms with Crippen LogP contribution in [0.25, 0.3) is 0 Å². The Balaban J connectivity index is 1.61. The van der Waals surface area contributed by atoms with Crippen LogP contribution in [0.2, 0.25) is 0 Å². The van der Waals surface area contributed by atoms with Gasteiger partial charge in [0.2, 0.25) is 5.91 Å². The minimum absolute atomic E-state index is 0.0879. The third-order valence-corrected chi connectivity index (χ3v) is 4.49. The van der Waals surface area contributed by atoms with Crippen LogP contribution in [0, 0.1) is 0 Å². The third kappa shape index (κ3) is 3.60. The van der Waals surface area contributed by atoms with Crippen molar-refractivity contribution >= 4 is 11.6 Å². The zero-order valence-electron chi connectivity index (χ0n) is 12.8. The van der Waals surface area contributed by atoms with E-state index >= 15 is 0 Å². The average Bonchev–Trinajstić information content (AvgIpc) is 3.08. The van der Waals surface area contributed by atoms with E-state index < -0.39 is 11.7 Å². The lowest BCUT2D eigenvalue weighted by molar-refractivity contribution is -0.137. The summed E-state index contributed by atoms with van der Waals surface area (Å²) in [5, 5.41) is 3.19. The van der Waals surface area contributed by atoms with Gasteiger partial charge in [0.25, 0.3) is 0 Å². The molecule has 0 radical (unpaired) electrons. The molecule has 0 unspecified atom stereocenters. The molecule has 2 heterocycles. The number of carbonyl (C=O) groups is 1. The summed E-state index contributed by atoms with van der Waals surface area (Å²) in [4.78, 5) is 16.0. The molecule has 23 heavy (non-hydrogen) atoms. The van der Waals surface area contributed by atoms with Gasteiger partial charge in [0, 0.05) is 31.9 Å². The number of nitrogens with one attached hydrogen (secondary N) is 1. The topological polar surface area (TPSA) is 35.6 Å². The maximum atomic E-state index is 12.8. The minimum atomic E-state index is -4.33. The molecule has 0 saturated carbocycles. The van der Waals surface area contributed by atoms with E-state index in [0.717, 1.165) is 25.5 Å². The zero-order chi connectivity index (χ0) is 16.4. The Kier molecular flexibility index (Phi) is 4.48. The van der Waals surface area contributed by atoms with Crippen molar-refractivity contribution in [1.29, 1.82) is 0 Å². The van der Waals surface area contributed by atoms with Gasteiger partial charge in [-0.1, -0.05) is 6.07 Å². The number of carbonyl (C=O) groups excluding carboxylic acids is 1. The Morgan fingerprint density at radius 1 is 1.17 bits per heavy atom. The van der Waals surface area contributed by atoms with Gasteiger partial charge in [-0.25, -0.2) is 0 Å². The van der Waals surface area contributed by atoms with Crippen LogP contribution in [0.5, 0.6) is 0 Å². The summed E-state index contributed by atoms with van der Waals surface area (Å²) in [6.07, 6.45) is -2.45. The minimum Gasteiger partial charge on any atom is -0.368 e. The Morgan fingerprint density at radius 2 is 1.91 bits per heavy atom. The van der Waals surface area contributed by atoms with E-state index in [0.29, 0.717) is 31.9 Å². The van der Waals surface area contributed by atoms with Gasteiger partial charge in [0.05, 0.1) is 11.6 Å². The van der Waals surface area contributed by atoms with Crippen LogP contribution in [0.1, 0.15) is 18.4 Å². The first-order chi connectivity index (χ1) is 10.9. The Hall–Kier alpha value is -1.76. The summed E-state index contributed by atoms with van der Waals surface area (Å²) in [5.74, 6) is 0.117. The molecule has 1 amide bonds. The molecule has 1 aromatic carbocycles. The number of nitrogens with zero attached hydrogens (tertiary/aromatic N) is 2. The quantitative estimate of drug-likeness (QED) is 0.904. The zero-order valence-corrected chi connectivity index (χ0v) is 12.8. The fraction of sp³-hybridized carbons (Fsp3) is 0.562. The molecule has 1 atom stereocenters. The number of rotatable bonds is 2. The Bertz CT molecular complexity index is 562. The molecule has 0 aromatic heterocycles. The first-order valence-electron chi connectivity index (χ1n) is 7.89. The molecule has 1 N–H and O–H groups in total. The first kappa shape index (κ1) is 16.1. The molecule has 2 fully saturated rings. The maximum Gasteiger partial charge on any atom is 0.416 e. The number of halogens is 3. The van der Waals surface area contributed by atoms with Gasteiger partial charge in [0.1, 0.15) is 0 Å². The third-order valence-electron chi connectivity index (χ3n) is 4.49. The molecule has 0 aliphatic carbocycles. The van der Waals surface area contributed by atoms with E-state index in [1.165, 1.54) is 12.1 Å². The largest absolute Gasteiger partial charge is 0.416 e. The highest BCUT2D eigenvalue weighted by Crippen LogP contribution is 2.31. The number of piperazine rings is 1. The van der Waals surface area contributed by atoms with E-state index in [9.17, 15) is 18.0 Å². The van der Waals surface area contributed by atoms with E-state index in [2.05, 4.69) is 5.32 Å². The van der Waals surface area contributed by atoms with Gasteiger partial charge in [-0.05, 0) is 37.6 Å². The summed E-state index contributed by atoms with van der Waals surface area (Å²) in [5.41, 5.74) is -0.0745. The van der Waals surface area contributed by atoms with Crippen molar-refractivity contribution in [2.45, 2.75) is 25.1 Å². The number of hydrogen-bond donors (Lipinski definition) is 1. The van der Waals surface area contributed by atoms with Crippen LogP contribution < -0.4 is 10.2 Å². The number of alkyl halides is 3. The number of hydrogen-bond acceptors (Lipinski definition) is 3. The number of amides is 1. The SMILES string of the molecule is O=C([C@@H]1CCCN1)N1CCN(c2cccc(C(F)(F)F)c2)CC1.